The molecule has 3 amide bonds. The summed E-state index contributed by atoms with van der Waals surface area (Å²) in [5, 5.41) is 2.72. The largest absolute Gasteiger partial charge is 0.482 e. The van der Waals surface area contributed by atoms with Gasteiger partial charge in [-0.2, -0.15) is 0 Å². The van der Waals surface area contributed by atoms with Crippen molar-refractivity contribution in [1.82, 2.24) is 4.90 Å². The van der Waals surface area contributed by atoms with E-state index in [1.54, 1.807) is 41.3 Å². The molecule has 31 heavy (non-hydrogen) atoms. The maximum absolute atomic E-state index is 13.0. The summed E-state index contributed by atoms with van der Waals surface area (Å²) in [4.78, 5) is 40.2. The predicted molar refractivity (Wildman–Crippen MR) is 116 cm³/mol. The van der Waals surface area contributed by atoms with Crippen molar-refractivity contribution in [2.45, 2.75) is 13.8 Å². The van der Waals surface area contributed by atoms with Crippen LogP contribution >= 0.6 is 0 Å². The second-order valence-corrected chi connectivity index (χ2v) is 6.89. The van der Waals surface area contributed by atoms with Crippen LogP contribution in [0.4, 0.5) is 15.8 Å². The van der Waals surface area contributed by atoms with Gasteiger partial charge in [-0.25, -0.2) is 4.39 Å². The molecule has 1 heterocycles. The zero-order chi connectivity index (χ0) is 22.4. The van der Waals surface area contributed by atoms with Gasteiger partial charge < -0.3 is 15.0 Å². The van der Waals surface area contributed by atoms with Crippen molar-refractivity contribution in [3.63, 3.8) is 0 Å². The lowest BCUT2D eigenvalue weighted by Crippen LogP contribution is -2.46. The molecule has 3 rings (SSSR count). The van der Waals surface area contributed by atoms with Crippen LogP contribution in [0.25, 0.3) is 6.08 Å². The van der Waals surface area contributed by atoms with Crippen molar-refractivity contribution in [3.8, 4) is 5.75 Å². The maximum atomic E-state index is 13.0. The Morgan fingerprint density at radius 1 is 1.16 bits per heavy atom. The summed E-state index contributed by atoms with van der Waals surface area (Å²) in [6.45, 7) is 4.62. The van der Waals surface area contributed by atoms with Crippen LogP contribution in [0.15, 0.2) is 48.5 Å². The molecule has 0 unspecified atom stereocenters. The zero-order valence-electron chi connectivity index (χ0n) is 17.4. The van der Waals surface area contributed by atoms with E-state index in [1.807, 2.05) is 13.8 Å². The van der Waals surface area contributed by atoms with Crippen molar-refractivity contribution in [3.05, 3.63) is 59.9 Å². The van der Waals surface area contributed by atoms with Gasteiger partial charge in [-0.1, -0.05) is 12.1 Å². The Hall–Kier alpha value is -3.68. The molecule has 0 fully saturated rings. The highest BCUT2D eigenvalue weighted by atomic mass is 19.1. The number of hydrogen-bond acceptors (Lipinski definition) is 4. The average Bonchev–Trinajstić information content (AvgIpc) is 2.76. The number of halogens is 1. The van der Waals surface area contributed by atoms with E-state index in [0.717, 1.165) is 0 Å². The maximum Gasteiger partial charge on any atom is 0.265 e. The van der Waals surface area contributed by atoms with Crippen LogP contribution in [-0.4, -0.2) is 48.9 Å². The highest BCUT2D eigenvalue weighted by Crippen LogP contribution is 2.34. The van der Waals surface area contributed by atoms with Crippen molar-refractivity contribution < 1.29 is 23.5 Å². The van der Waals surface area contributed by atoms with E-state index in [0.29, 0.717) is 35.8 Å². The van der Waals surface area contributed by atoms with Gasteiger partial charge in [0.05, 0.1) is 5.69 Å². The topological polar surface area (TPSA) is 79.0 Å². The number of amides is 3. The lowest BCUT2D eigenvalue weighted by Gasteiger charge is -2.31. The first kappa shape index (κ1) is 22.0. The van der Waals surface area contributed by atoms with Gasteiger partial charge in [0.2, 0.25) is 11.8 Å². The van der Waals surface area contributed by atoms with Crippen molar-refractivity contribution in [2.75, 3.05) is 36.5 Å². The quantitative estimate of drug-likeness (QED) is 0.692. The number of benzene rings is 2. The van der Waals surface area contributed by atoms with Gasteiger partial charge in [-0.05, 0) is 55.8 Å². The summed E-state index contributed by atoms with van der Waals surface area (Å²) in [5.41, 5.74) is 1.56. The fraction of sp³-hybridized carbons (Fsp3) is 0.261. The molecule has 0 saturated heterocycles. The first-order valence-corrected chi connectivity index (χ1v) is 10.0. The Balaban J connectivity index is 1.75. The second kappa shape index (κ2) is 9.88. The van der Waals surface area contributed by atoms with Gasteiger partial charge in [0, 0.05) is 24.9 Å². The van der Waals surface area contributed by atoms with Gasteiger partial charge in [-0.3, -0.25) is 19.3 Å². The molecule has 2 aromatic rings. The fourth-order valence-corrected chi connectivity index (χ4v) is 3.19. The Labute approximate surface area is 180 Å². The Kier molecular flexibility index (Phi) is 7.02. The number of nitrogens with one attached hydrogen (secondary N) is 1. The summed E-state index contributed by atoms with van der Waals surface area (Å²) >= 11 is 0. The van der Waals surface area contributed by atoms with Crippen molar-refractivity contribution >= 4 is 35.2 Å². The average molecular weight is 425 g/mol. The lowest BCUT2D eigenvalue weighted by molar-refractivity contribution is -0.131. The van der Waals surface area contributed by atoms with E-state index < -0.39 is 5.91 Å². The highest BCUT2D eigenvalue weighted by Gasteiger charge is 2.28. The monoisotopic (exact) mass is 425 g/mol. The van der Waals surface area contributed by atoms with Crippen LogP contribution in [0, 0.1) is 5.82 Å². The third-order valence-corrected chi connectivity index (χ3v) is 4.88. The normalized spacial score (nSPS) is 13.0. The molecule has 0 aliphatic carbocycles. The van der Waals surface area contributed by atoms with Gasteiger partial charge >= 0.3 is 0 Å². The van der Waals surface area contributed by atoms with Crippen LogP contribution in [0.2, 0.25) is 0 Å². The minimum atomic E-state index is -0.391. The van der Waals surface area contributed by atoms with Gasteiger partial charge in [0.1, 0.15) is 18.1 Å². The van der Waals surface area contributed by atoms with E-state index in [2.05, 4.69) is 5.32 Å². The molecule has 8 heteroatoms. The van der Waals surface area contributed by atoms with Gasteiger partial charge in [0.15, 0.2) is 6.61 Å². The molecule has 1 aliphatic heterocycles. The predicted octanol–water partition coefficient (Wildman–Crippen LogP) is 3.07. The molecular formula is C23H24FN3O4. The Morgan fingerprint density at radius 3 is 2.55 bits per heavy atom. The van der Waals surface area contributed by atoms with E-state index in [-0.39, 0.29) is 30.8 Å². The first-order chi connectivity index (χ1) is 14.9. The molecule has 0 saturated carbocycles. The summed E-state index contributed by atoms with van der Waals surface area (Å²) in [6, 6.07) is 10.7. The van der Waals surface area contributed by atoms with E-state index in [9.17, 15) is 18.8 Å². The van der Waals surface area contributed by atoms with E-state index in [4.69, 9.17) is 4.74 Å². The number of anilines is 2. The summed E-state index contributed by atoms with van der Waals surface area (Å²) in [7, 11) is 0. The number of rotatable bonds is 7. The number of carbonyl (C=O) groups is 3. The number of nitrogens with zero attached hydrogens (tertiary/aromatic N) is 2. The number of likely N-dealkylation sites (N-methyl/N-ethyl adjacent to an activating group) is 1. The van der Waals surface area contributed by atoms with Crippen LogP contribution in [-0.2, 0) is 14.4 Å². The minimum absolute atomic E-state index is 0.0985. The molecular weight excluding hydrogens is 401 g/mol. The van der Waals surface area contributed by atoms with Crippen LogP contribution in [0.1, 0.15) is 19.4 Å². The zero-order valence-corrected chi connectivity index (χ0v) is 17.4. The molecule has 0 atom stereocenters. The molecule has 1 N–H and O–H groups in total. The number of fused-ring (bicyclic) bond motifs is 1. The van der Waals surface area contributed by atoms with E-state index in [1.165, 1.54) is 23.1 Å². The molecule has 162 valence electrons. The smallest absolute Gasteiger partial charge is 0.265 e. The SMILES string of the molecule is CCN(CC)C(=O)CN1C(=O)COc2ccc(NC(=O)/C=C/c3ccc(F)cc3)cc21. The van der Waals surface area contributed by atoms with Crippen molar-refractivity contribution in [1.29, 1.82) is 0 Å². The Bertz CT molecular complexity index is 1000. The molecule has 0 aromatic heterocycles. The molecule has 0 radical (unpaired) electrons. The summed E-state index contributed by atoms with van der Waals surface area (Å²) < 4.78 is 18.4. The first-order valence-electron chi connectivity index (χ1n) is 10.0. The summed E-state index contributed by atoms with van der Waals surface area (Å²) in [5.74, 6) is -0.767. The van der Waals surface area contributed by atoms with E-state index >= 15 is 0 Å². The van der Waals surface area contributed by atoms with Crippen LogP contribution in [0.5, 0.6) is 5.75 Å². The standard InChI is InChI=1S/C23H24FN3O4/c1-3-26(4-2)22(29)14-27-19-13-18(10-11-20(19)31-15-23(27)30)25-21(28)12-7-16-5-8-17(24)9-6-16/h5-13H,3-4,14-15H2,1-2H3,(H,25,28)/b12-7+. The summed E-state index contributed by atoms with van der Waals surface area (Å²) in [6.07, 6.45) is 2.89. The van der Waals surface area contributed by atoms with Gasteiger partial charge in [-0.15, -0.1) is 0 Å². The lowest BCUT2D eigenvalue weighted by atomic mass is 10.2. The van der Waals surface area contributed by atoms with Crippen molar-refractivity contribution in [2.24, 2.45) is 0 Å². The fourth-order valence-electron chi connectivity index (χ4n) is 3.19. The Morgan fingerprint density at radius 2 is 1.87 bits per heavy atom. The molecule has 2 aromatic carbocycles. The molecule has 0 spiro atoms. The van der Waals surface area contributed by atoms with Gasteiger partial charge in [0.25, 0.3) is 5.91 Å². The number of carbonyl (C=O) groups excluding carboxylic acids is 3. The molecule has 7 nitrogen and oxygen atoms in total. The second-order valence-electron chi connectivity index (χ2n) is 6.89. The van der Waals surface area contributed by atoms with Crippen LogP contribution in [0.3, 0.4) is 0 Å². The number of hydrogen-bond donors (Lipinski definition) is 1. The minimum Gasteiger partial charge on any atom is -0.482 e. The molecule has 1 aliphatic rings. The third kappa shape index (κ3) is 5.48. The highest BCUT2D eigenvalue weighted by molar-refractivity contribution is 6.05. The third-order valence-electron chi connectivity index (χ3n) is 4.88. The van der Waals surface area contributed by atoms with Crippen LogP contribution < -0.4 is 15.0 Å². The molecule has 0 bridgehead atoms. The number of ether oxygens (including phenoxy) is 1.